The van der Waals surface area contributed by atoms with Gasteiger partial charge in [0.2, 0.25) is 0 Å². The first kappa shape index (κ1) is 26.5. The summed E-state index contributed by atoms with van der Waals surface area (Å²) in [6.07, 6.45) is 1.49. The summed E-state index contributed by atoms with van der Waals surface area (Å²) < 4.78 is 23.0. The molecule has 2 aromatic carbocycles. The Morgan fingerprint density at radius 1 is 1.03 bits per heavy atom. The van der Waals surface area contributed by atoms with Gasteiger partial charge in [0.15, 0.2) is 5.82 Å². The van der Waals surface area contributed by atoms with Crippen molar-refractivity contribution in [2.24, 2.45) is 0 Å². The molecule has 0 saturated carbocycles. The van der Waals surface area contributed by atoms with E-state index in [1.165, 1.54) is 0 Å². The van der Waals surface area contributed by atoms with E-state index in [1.807, 2.05) is 6.92 Å². The normalized spacial score (nSPS) is 11.2. The first-order chi connectivity index (χ1) is 17.5. The fourth-order valence-corrected chi connectivity index (χ4v) is 3.13. The maximum Gasteiger partial charge on any atom is 0.257 e. The molecule has 0 aliphatic rings. The molecular formula is C27H28N4O5. The van der Waals surface area contributed by atoms with E-state index in [9.17, 15) is 4.79 Å². The Bertz CT molecular complexity index is 1250. The number of hydrogen-bond acceptors (Lipinski definition) is 7. The van der Waals surface area contributed by atoms with Gasteiger partial charge in [-0.15, -0.1) is 0 Å². The van der Waals surface area contributed by atoms with E-state index in [4.69, 9.17) is 24.2 Å². The largest absolute Gasteiger partial charge is 0.488 e. The van der Waals surface area contributed by atoms with Gasteiger partial charge in [-0.3, -0.25) is 4.79 Å². The standard InChI is InChI=1S/C27H28N4O5/c1-20(18-34-3)36-25-15-23(9-6-21-4-7-22(17-28)8-5-21)14-24(16-25)27(32)29-26-10-11-31(30-26)19-35-13-12-33-2/h4-5,7-8,10-11,14-16,20H,12-13,18-19H2,1-3H3,(H,29,30,32)/t20-/m0/s1. The van der Waals surface area contributed by atoms with E-state index >= 15 is 0 Å². The number of benzene rings is 2. The van der Waals surface area contributed by atoms with Crippen LogP contribution in [0, 0.1) is 23.2 Å². The number of amides is 1. The quantitative estimate of drug-likeness (QED) is 0.325. The molecule has 1 atom stereocenters. The molecule has 0 aliphatic heterocycles. The fraction of sp³-hybridized carbons (Fsp3) is 0.296. The Labute approximate surface area is 210 Å². The Kier molecular flexibility index (Phi) is 10.0. The van der Waals surface area contributed by atoms with Gasteiger partial charge in [-0.25, -0.2) is 4.68 Å². The van der Waals surface area contributed by atoms with E-state index in [0.29, 0.717) is 48.1 Å². The third-order valence-electron chi connectivity index (χ3n) is 4.81. The number of methoxy groups -OCH3 is 2. The van der Waals surface area contributed by atoms with Crippen molar-refractivity contribution in [3.8, 4) is 23.7 Å². The fourth-order valence-electron chi connectivity index (χ4n) is 3.13. The van der Waals surface area contributed by atoms with Crippen molar-refractivity contribution in [2.75, 3.05) is 39.4 Å². The first-order valence-corrected chi connectivity index (χ1v) is 11.2. The summed E-state index contributed by atoms with van der Waals surface area (Å²) in [5.41, 5.74) is 2.28. The van der Waals surface area contributed by atoms with Crippen LogP contribution in [0.1, 0.15) is 34.0 Å². The zero-order valence-corrected chi connectivity index (χ0v) is 20.5. The number of aromatic nitrogens is 2. The number of rotatable bonds is 11. The highest BCUT2D eigenvalue weighted by molar-refractivity contribution is 6.04. The van der Waals surface area contributed by atoms with Crippen molar-refractivity contribution in [3.63, 3.8) is 0 Å². The van der Waals surface area contributed by atoms with Gasteiger partial charge in [0, 0.05) is 43.2 Å². The average Bonchev–Trinajstić information content (AvgIpc) is 3.32. The molecule has 0 fully saturated rings. The number of nitrogens with one attached hydrogen (secondary N) is 1. The second-order valence-corrected chi connectivity index (χ2v) is 7.79. The number of carbonyl (C=O) groups excluding carboxylic acids is 1. The van der Waals surface area contributed by atoms with Gasteiger partial charge in [0.05, 0.1) is 31.5 Å². The smallest absolute Gasteiger partial charge is 0.257 e. The Hall–Kier alpha value is -4.15. The van der Waals surface area contributed by atoms with Crippen LogP contribution in [0.5, 0.6) is 5.75 Å². The summed E-state index contributed by atoms with van der Waals surface area (Å²) in [6, 6.07) is 15.8. The molecular weight excluding hydrogens is 460 g/mol. The summed E-state index contributed by atoms with van der Waals surface area (Å²) in [4.78, 5) is 13.0. The van der Waals surface area contributed by atoms with Gasteiger partial charge < -0.3 is 24.3 Å². The van der Waals surface area contributed by atoms with Crippen molar-refractivity contribution >= 4 is 11.7 Å². The van der Waals surface area contributed by atoms with Crippen LogP contribution in [0.2, 0.25) is 0 Å². The minimum atomic E-state index is -0.355. The van der Waals surface area contributed by atoms with E-state index in [2.05, 4.69) is 28.3 Å². The number of anilines is 1. The van der Waals surface area contributed by atoms with Gasteiger partial charge in [-0.2, -0.15) is 10.4 Å². The van der Waals surface area contributed by atoms with Gasteiger partial charge in [-0.1, -0.05) is 11.8 Å². The van der Waals surface area contributed by atoms with E-state index in [-0.39, 0.29) is 18.7 Å². The second kappa shape index (κ2) is 13.7. The molecule has 1 heterocycles. The number of ether oxygens (including phenoxy) is 4. The van der Waals surface area contributed by atoms with Crippen LogP contribution < -0.4 is 10.1 Å². The molecule has 0 bridgehead atoms. The number of nitriles is 1. The summed E-state index contributed by atoms with van der Waals surface area (Å²) in [7, 11) is 3.20. The molecule has 0 spiro atoms. The van der Waals surface area contributed by atoms with Crippen molar-refractivity contribution < 1.29 is 23.7 Å². The number of hydrogen-bond donors (Lipinski definition) is 1. The highest BCUT2D eigenvalue weighted by Gasteiger charge is 2.13. The number of carbonyl (C=O) groups is 1. The predicted octanol–water partition coefficient (Wildman–Crippen LogP) is 3.44. The van der Waals surface area contributed by atoms with Crippen LogP contribution in [0.25, 0.3) is 0 Å². The van der Waals surface area contributed by atoms with Crippen LogP contribution in [-0.4, -0.2) is 55.8 Å². The van der Waals surface area contributed by atoms with Crippen LogP contribution in [-0.2, 0) is 20.9 Å². The minimum Gasteiger partial charge on any atom is -0.488 e. The van der Waals surface area contributed by atoms with Crippen LogP contribution in [0.3, 0.4) is 0 Å². The summed E-state index contributed by atoms with van der Waals surface area (Å²) >= 11 is 0. The summed E-state index contributed by atoms with van der Waals surface area (Å²) in [6.45, 7) is 3.45. The predicted molar refractivity (Wildman–Crippen MR) is 134 cm³/mol. The summed E-state index contributed by atoms with van der Waals surface area (Å²) in [5, 5.41) is 16.1. The summed E-state index contributed by atoms with van der Waals surface area (Å²) in [5.74, 6) is 6.65. The molecule has 0 saturated heterocycles. The minimum absolute atomic E-state index is 0.221. The maximum atomic E-state index is 13.0. The molecule has 1 aromatic heterocycles. The topological polar surface area (TPSA) is 108 Å². The molecule has 186 valence electrons. The lowest BCUT2D eigenvalue weighted by Crippen LogP contribution is -2.19. The molecule has 9 nitrogen and oxygen atoms in total. The molecule has 0 radical (unpaired) electrons. The monoisotopic (exact) mass is 488 g/mol. The van der Waals surface area contributed by atoms with Crippen molar-refractivity contribution in [1.29, 1.82) is 5.26 Å². The molecule has 0 aliphatic carbocycles. The lowest BCUT2D eigenvalue weighted by atomic mass is 10.1. The molecule has 3 aromatic rings. The molecule has 36 heavy (non-hydrogen) atoms. The highest BCUT2D eigenvalue weighted by Crippen LogP contribution is 2.20. The van der Waals surface area contributed by atoms with Crippen LogP contribution in [0.4, 0.5) is 5.82 Å². The van der Waals surface area contributed by atoms with Gasteiger partial charge in [-0.05, 0) is 49.4 Å². The van der Waals surface area contributed by atoms with Crippen molar-refractivity contribution in [1.82, 2.24) is 9.78 Å². The second-order valence-electron chi connectivity index (χ2n) is 7.79. The Balaban J connectivity index is 1.78. The van der Waals surface area contributed by atoms with Crippen LogP contribution >= 0.6 is 0 Å². The molecule has 3 rings (SSSR count). The van der Waals surface area contributed by atoms with Crippen molar-refractivity contribution in [3.05, 3.63) is 77.0 Å². The Morgan fingerprint density at radius 2 is 1.78 bits per heavy atom. The van der Waals surface area contributed by atoms with Gasteiger partial charge >= 0.3 is 0 Å². The molecule has 9 heteroatoms. The zero-order chi connectivity index (χ0) is 25.8. The van der Waals surface area contributed by atoms with E-state index in [0.717, 1.165) is 5.56 Å². The van der Waals surface area contributed by atoms with Gasteiger partial charge in [0.25, 0.3) is 5.91 Å². The molecule has 1 N–H and O–H groups in total. The third kappa shape index (κ3) is 8.26. The number of nitrogens with zero attached hydrogens (tertiary/aromatic N) is 3. The van der Waals surface area contributed by atoms with Crippen LogP contribution in [0.15, 0.2) is 54.7 Å². The van der Waals surface area contributed by atoms with E-state index in [1.54, 1.807) is 73.6 Å². The maximum absolute atomic E-state index is 13.0. The lowest BCUT2D eigenvalue weighted by molar-refractivity contribution is 0.0290. The van der Waals surface area contributed by atoms with Gasteiger partial charge in [0.1, 0.15) is 18.6 Å². The first-order valence-electron chi connectivity index (χ1n) is 11.2. The Morgan fingerprint density at radius 3 is 2.50 bits per heavy atom. The highest BCUT2D eigenvalue weighted by atomic mass is 16.5. The molecule has 0 unspecified atom stereocenters. The molecule has 1 amide bonds. The zero-order valence-electron chi connectivity index (χ0n) is 20.5. The third-order valence-corrected chi connectivity index (χ3v) is 4.81. The lowest BCUT2D eigenvalue weighted by Gasteiger charge is -2.15. The van der Waals surface area contributed by atoms with Crippen molar-refractivity contribution in [2.45, 2.75) is 19.8 Å². The SMILES string of the molecule is COCCOCn1ccc(NC(=O)c2cc(C#Cc3ccc(C#N)cc3)cc(O[C@@H](C)COC)c2)n1. The van der Waals surface area contributed by atoms with E-state index < -0.39 is 0 Å². The average molecular weight is 489 g/mol.